The number of rotatable bonds is 5. The fraction of sp³-hybridized carbons (Fsp3) is 0.211. The van der Waals surface area contributed by atoms with Gasteiger partial charge in [0.15, 0.2) is 5.17 Å². The number of carbonyl (C=O) groups excluding carboxylic acids is 2. The first-order valence-corrected chi connectivity index (χ1v) is 9.51. The zero-order chi connectivity index (χ0) is 18.5. The lowest BCUT2D eigenvalue weighted by Crippen LogP contribution is -2.33. The molecule has 0 aliphatic carbocycles. The van der Waals surface area contributed by atoms with Crippen molar-refractivity contribution >= 4 is 46.0 Å². The summed E-state index contributed by atoms with van der Waals surface area (Å²) in [5.41, 5.74) is 1.62. The molecule has 0 radical (unpaired) electrons. The number of nitrogens with zero attached hydrogens (tertiary/aromatic N) is 2. The van der Waals surface area contributed by atoms with Crippen LogP contribution in [0.3, 0.4) is 0 Å². The monoisotopic (exact) mass is 387 g/mol. The minimum atomic E-state index is -0.154. The SMILES string of the molecule is C[C@H](NC(=O)CSC1=NCC(=O)N1c1ccccc1Cl)c1ccccc1. The van der Waals surface area contributed by atoms with E-state index in [-0.39, 0.29) is 30.2 Å². The molecule has 2 aromatic rings. The van der Waals surface area contributed by atoms with Gasteiger partial charge in [0.2, 0.25) is 5.91 Å². The van der Waals surface area contributed by atoms with Crippen molar-refractivity contribution in [3.63, 3.8) is 0 Å². The van der Waals surface area contributed by atoms with E-state index in [4.69, 9.17) is 11.6 Å². The van der Waals surface area contributed by atoms with Crippen LogP contribution in [0.15, 0.2) is 59.6 Å². The summed E-state index contributed by atoms with van der Waals surface area (Å²) in [4.78, 5) is 30.2. The van der Waals surface area contributed by atoms with Gasteiger partial charge >= 0.3 is 0 Å². The first-order valence-electron chi connectivity index (χ1n) is 8.15. The summed E-state index contributed by atoms with van der Waals surface area (Å²) in [6.45, 7) is 2.00. The lowest BCUT2D eigenvalue weighted by molar-refractivity contribution is -0.119. The Bertz CT molecular complexity index is 842. The van der Waals surface area contributed by atoms with E-state index in [1.54, 1.807) is 18.2 Å². The summed E-state index contributed by atoms with van der Waals surface area (Å²) in [5.74, 6) is -0.101. The second-order valence-corrected chi connectivity index (χ2v) is 7.12. The van der Waals surface area contributed by atoms with Gasteiger partial charge in [-0.1, -0.05) is 65.8 Å². The van der Waals surface area contributed by atoms with Crippen molar-refractivity contribution < 1.29 is 9.59 Å². The molecular weight excluding hydrogens is 370 g/mol. The third kappa shape index (κ3) is 4.26. The first-order chi connectivity index (χ1) is 12.6. The van der Waals surface area contributed by atoms with Crippen LogP contribution >= 0.6 is 23.4 Å². The van der Waals surface area contributed by atoms with E-state index in [0.29, 0.717) is 15.9 Å². The van der Waals surface area contributed by atoms with Gasteiger partial charge in [-0.05, 0) is 24.6 Å². The lowest BCUT2D eigenvalue weighted by atomic mass is 10.1. The number of carbonyl (C=O) groups is 2. The fourth-order valence-corrected chi connectivity index (χ4v) is 3.65. The smallest absolute Gasteiger partial charge is 0.254 e. The van der Waals surface area contributed by atoms with Crippen molar-refractivity contribution in [3.05, 3.63) is 65.2 Å². The van der Waals surface area contributed by atoms with Crippen LogP contribution < -0.4 is 10.2 Å². The standard InChI is InChI=1S/C19H18ClN3O2S/c1-13(14-7-3-2-4-8-14)22-17(24)12-26-19-21-11-18(25)23(19)16-10-6-5-9-15(16)20/h2-10,13H,11-12H2,1H3,(H,22,24)/t13-/m0/s1. The van der Waals surface area contributed by atoms with E-state index >= 15 is 0 Å². The van der Waals surface area contributed by atoms with Crippen LogP contribution in [0, 0.1) is 0 Å². The van der Waals surface area contributed by atoms with Crippen molar-refractivity contribution in [1.82, 2.24) is 5.32 Å². The Hall–Kier alpha value is -2.31. The third-order valence-electron chi connectivity index (χ3n) is 3.89. The second-order valence-electron chi connectivity index (χ2n) is 5.77. The van der Waals surface area contributed by atoms with Gasteiger partial charge in [-0.25, -0.2) is 0 Å². The lowest BCUT2D eigenvalue weighted by Gasteiger charge is -2.19. The molecular formula is C19H18ClN3O2S. The number of halogens is 1. The Balaban J connectivity index is 1.61. The van der Waals surface area contributed by atoms with Crippen molar-refractivity contribution in [2.24, 2.45) is 4.99 Å². The molecule has 0 fully saturated rings. The average Bonchev–Trinajstić information content (AvgIpc) is 3.01. The zero-order valence-corrected chi connectivity index (χ0v) is 15.8. The van der Waals surface area contributed by atoms with E-state index in [2.05, 4.69) is 10.3 Å². The normalized spacial score (nSPS) is 14.9. The molecule has 0 bridgehead atoms. The highest BCUT2D eigenvalue weighted by Crippen LogP contribution is 2.30. The number of benzene rings is 2. The molecule has 0 saturated heterocycles. The Kier molecular flexibility index (Phi) is 5.96. The summed E-state index contributed by atoms with van der Waals surface area (Å²) >= 11 is 7.43. The number of hydrogen-bond acceptors (Lipinski definition) is 4. The molecule has 0 aromatic heterocycles. The first kappa shape index (κ1) is 18.5. The van der Waals surface area contributed by atoms with E-state index in [1.807, 2.05) is 43.3 Å². The minimum absolute atomic E-state index is 0.0651. The van der Waals surface area contributed by atoms with Gasteiger partial charge in [-0.2, -0.15) is 0 Å². The number of para-hydroxylation sites is 1. The van der Waals surface area contributed by atoms with Gasteiger partial charge in [-0.3, -0.25) is 19.5 Å². The maximum absolute atomic E-state index is 12.3. The Morgan fingerprint density at radius 1 is 1.23 bits per heavy atom. The summed E-state index contributed by atoms with van der Waals surface area (Å²) in [5, 5.41) is 3.91. The Morgan fingerprint density at radius 3 is 2.65 bits per heavy atom. The van der Waals surface area contributed by atoms with Gasteiger partial charge in [-0.15, -0.1) is 0 Å². The highest BCUT2D eigenvalue weighted by Gasteiger charge is 2.29. The zero-order valence-electron chi connectivity index (χ0n) is 14.2. The van der Waals surface area contributed by atoms with E-state index < -0.39 is 0 Å². The molecule has 134 valence electrons. The topological polar surface area (TPSA) is 61.8 Å². The summed E-state index contributed by atoms with van der Waals surface area (Å²) in [6, 6.07) is 16.8. The number of anilines is 1. The minimum Gasteiger partial charge on any atom is -0.349 e. The van der Waals surface area contributed by atoms with Crippen LogP contribution in [0.4, 0.5) is 5.69 Å². The van der Waals surface area contributed by atoms with Crippen LogP contribution in [-0.2, 0) is 9.59 Å². The van der Waals surface area contributed by atoms with Gasteiger partial charge in [0.1, 0.15) is 6.54 Å². The predicted molar refractivity (Wildman–Crippen MR) is 107 cm³/mol. The van der Waals surface area contributed by atoms with Gasteiger partial charge in [0, 0.05) is 0 Å². The van der Waals surface area contributed by atoms with Gasteiger partial charge < -0.3 is 5.32 Å². The summed E-state index contributed by atoms with van der Waals surface area (Å²) in [6.07, 6.45) is 0. The highest BCUT2D eigenvalue weighted by atomic mass is 35.5. The van der Waals surface area contributed by atoms with Crippen molar-refractivity contribution in [2.75, 3.05) is 17.2 Å². The van der Waals surface area contributed by atoms with Gasteiger partial charge in [0.05, 0.1) is 22.5 Å². The Morgan fingerprint density at radius 2 is 1.92 bits per heavy atom. The number of aliphatic imine (C=N–C) groups is 1. The number of amidine groups is 1. The number of thioether (sulfide) groups is 1. The molecule has 3 rings (SSSR count). The van der Waals surface area contributed by atoms with Crippen LogP contribution in [0.25, 0.3) is 0 Å². The molecule has 1 aliphatic heterocycles. The fourth-order valence-electron chi connectivity index (χ4n) is 2.60. The maximum Gasteiger partial charge on any atom is 0.254 e. The van der Waals surface area contributed by atoms with E-state index in [1.165, 1.54) is 16.7 Å². The van der Waals surface area contributed by atoms with Crippen LogP contribution in [-0.4, -0.2) is 29.3 Å². The molecule has 1 heterocycles. The quantitative estimate of drug-likeness (QED) is 0.851. The van der Waals surface area contributed by atoms with Crippen LogP contribution in [0.5, 0.6) is 0 Å². The Labute approximate surface area is 161 Å². The summed E-state index contributed by atoms with van der Waals surface area (Å²) < 4.78 is 0. The molecule has 0 unspecified atom stereocenters. The number of hydrogen-bond donors (Lipinski definition) is 1. The molecule has 1 N–H and O–H groups in total. The molecule has 7 heteroatoms. The van der Waals surface area contributed by atoms with E-state index in [0.717, 1.165) is 5.56 Å². The third-order valence-corrected chi connectivity index (χ3v) is 5.19. The van der Waals surface area contributed by atoms with Crippen molar-refractivity contribution in [1.29, 1.82) is 0 Å². The average molecular weight is 388 g/mol. The van der Waals surface area contributed by atoms with Crippen molar-refractivity contribution in [2.45, 2.75) is 13.0 Å². The molecule has 2 amide bonds. The molecule has 1 atom stereocenters. The van der Waals surface area contributed by atoms with Crippen LogP contribution in [0.2, 0.25) is 5.02 Å². The highest BCUT2D eigenvalue weighted by molar-refractivity contribution is 8.14. The molecule has 5 nitrogen and oxygen atoms in total. The van der Waals surface area contributed by atoms with Crippen LogP contribution in [0.1, 0.15) is 18.5 Å². The van der Waals surface area contributed by atoms with Gasteiger partial charge in [0.25, 0.3) is 5.91 Å². The summed E-state index contributed by atoms with van der Waals surface area (Å²) in [7, 11) is 0. The maximum atomic E-state index is 12.3. The molecule has 2 aromatic carbocycles. The molecule has 26 heavy (non-hydrogen) atoms. The molecule has 0 spiro atoms. The second kappa shape index (κ2) is 8.38. The van der Waals surface area contributed by atoms with E-state index in [9.17, 15) is 9.59 Å². The number of nitrogens with one attached hydrogen (secondary N) is 1. The van der Waals surface area contributed by atoms with Crippen molar-refractivity contribution in [3.8, 4) is 0 Å². The largest absolute Gasteiger partial charge is 0.349 e. The molecule has 0 saturated carbocycles. The number of amides is 2. The predicted octanol–water partition coefficient (Wildman–Crippen LogP) is 3.65. The molecule has 1 aliphatic rings.